The molecule has 68 valence electrons. The lowest BCUT2D eigenvalue weighted by atomic mass is 10.2. The van der Waals surface area contributed by atoms with Crippen molar-refractivity contribution in [1.82, 2.24) is 0 Å². The summed E-state index contributed by atoms with van der Waals surface area (Å²) < 4.78 is 5.49. The maximum Gasteiger partial charge on any atom is 0.118 e. The lowest BCUT2D eigenvalue weighted by Crippen LogP contribution is -2.00. The molecule has 0 radical (unpaired) electrons. The Labute approximate surface area is 75.4 Å². The summed E-state index contributed by atoms with van der Waals surface area (Å²) in [6.45, 7) is 10.6. The second kappa shape index (κ2) is 6.71. The van der Waals surface area contributed by atoms with Crippen LogP contribution in [0.15, 0.2) is 36.6 Å². The third kappa shape index (κ3) is 5.78. The van der Waals surface area contributed by atoms with E-state index in [2.05, 4.69) is 20.4 Å². The molecular formula is C11H18O. The highest BCUT2D eigenvalue weighted by atomic mass is 16.5. The first-order valence-corrected chi connectivity index (χ1v) is 4.29. The fourth-order valence-electron chi connectivity index (χ4n) is 0.695. The smallest absolute Gasteiger partial charge is 0.118 e. The SMILES string of the molecule is C=C/C=C(\C=C/C)OCC(C)C. The molecule has 0 aromatic carbocycles. The fraction of sp³-hybridized carbons (Fsp3) is 0.455. The van der Waals surface area contributed by atoms with Crippen molar-refractivity contribution >= 4 is 0 Å². The lowest BCUT2D eigenvalue weighted by molar-refractivity contribution is 0.190. The Hall–Kier alpha value is -0.980. The average Bonchev–Trinajstić information content (AvgIpc) is 2.01. The van der Waals surface area contributed by atoms with Gasteiger partial charge in [0.25, 0.3) is 0 Å². The van der Waals surface area contributed by atoms with Gasteiger partial charge in [0.2, 0.25) is 0 Å². The highest BCUT2D eigenvalue weighted by molar-refractivity contribution is 5.16. The van der Waals surface area contributed by atoms with Gasteiger partial charge < -0.3 is 4.74 Å². The minimum atomic E-state index is 0.559. The van der Waals surface area contributed by atoms with Crippen LogP contribution in [0.5, 0.6) is 0 Å². The molecule has 0 bridgehead atoms. The first kappa shape index (κ1) is 11.0. The van der Waals surface area contributed by atoms with Crippen LogP contribution in [0.2, 0.25) is 0 Å². The number of hydrogen-bond donors (Lipinski definition) is 0. The average molecular weight is 166 g/mol. The van der Waals surface area contributed by atoms with Gasteiger partial charge in [0, 0.05) is 0 Å². The molecule has 0 aliphatic rings. The molecule has 0 aliphatic carbocycles. The quantitative estimate of drug-likeness (QED) is 0.450. The Morgan fingerprint density at radius 1 is 1.50 bits per heavy atom. The van der Waals surface area contributed by atoms with E-state index < -0.39 is 0 Å². The van der Waals surface area contributed by atoms with E-state index in [0.717, 1.165) is 12.4 Å². The van der Waals surface area contributed by atoms with Gasteiger partial charge in [0.05, 0.1) is 6.61 Å². The van der Waals surface area contributed by atoms with Crippen LogP contribution in [0.3, 0.4) is 0 Å². The Morgan fingerprint density at radius 3 is 2.58 bits per heavy atom. The summed E-state index contributed by atoms with van der Waals surface area (Å²) in [6.07, 6.45) is 7.48. The van der Waals surface area contributed by atoms with Crippen LogP contribution in [0, 0.1) is 5.92 Å². The monoisotopic (exact) mass is 166 g/mol. The van der Waals surface area contributed by atoms with Gasteiger partial charge in [-0.25, -0.2) is 0 Å². The van der Waals surface area contributed by atoms with Crippen molar-refractivity contribution in [3.8, 4) is 0 Å². The largest absolute Gasteiger partial charge is 0.493 e. The molecule has 0 aromatic rings. The van der Waals surface area contributed by atoms with Crippen LogP contribution in [0.4, 0.5) is 0 Å². The van der Waals surface area contributed by atoms with Crippen molar-refractivity contribution in [3.63, 3.8) is 0 Å². The molecule has 0 saturated heterocycles. The normalized spacial score (nSPS) is 12.5. The van der Waals surface area contributed by atoms with Gasteiger partial charge in [-0.3, -0.25) is 0 Å². The van der Waals surface area contributed by atoms with Gasteiger partial charge in [0.1, 0.15) is 5.76 Å². The van der Waals surface area contributed by atoms with Gasteiger partial charge in [-0.15, -0.1) is 0 Å². The van der Waals surface area contributed by atoms with E-state index in [4.69, 9.17) is 4.74 Å². The molecule has 0 rings (SSSR count). The van der Waals surface area contributed by atoms with Crippen molar-refractivity contribution in [1.29, 1.82) is 0 Å². The molecule has 0 spiro atoms. The summed E-state index contributed by atoms with van der Waals surface area (Å²) in [4.78, 5) is 0. The van der Waals surface area contributed by atoms with Crippen molar-refractivity contribution < 1.29 is 4.74 Å². The molecule has 0 heterocycles. The van der Waals surface area contributed by atoms with E-state index in [0.29, 0.717) is 5.92 Å². The molecule has 0 aliphatic heterocycles. The molecule has 1 heteroatoms. The second-order valence-corrected chi connectivity index (χ2v) is 3.01. The van der Waals surface area contributed by atoms with Crippen LogP contribution in [-0.4, -0.2) is 6.61 Å². The van der Waals surface area contributed by atoms with E-state index in [1.54, 1.807) is 6.08 Å². The summed E-state index contributed by atoms with van der Waals surface area (Å²) >= 11 is 0. The molecule has 1 nitrogen and oxygen atoms in total. The minimum Gasteiger partial charge on any atom is -0.493 e. The first-order valence-electron chi connectivity index (χ1n) is 4.29. The van der Waals surface area contributed by atoms with Gasteiger partial charge in [-0.2, -0.15) is 0 Å². The Balaban J connectivity index is 3.96. The lowest BCUT2D eigenvalue weighted by Gasteiger charge is -2.08. The predicted octanol–water partition coefficient (Wildman–Crippen LogP) is 3.31. The summed E-state index contributed by atoms with van der Waals surface area (Å²) in [7, 11) is 0. The standard InChI is InChI=1S/C11H18O/c1-5-7-11(8-6-2)12-9-10(3)4/h5-8,10H,1,9H2,2-4H3/b8-6-,11-7+. The summed E-state index contributed by atoms with van der Waals surface area (Å²) in [5.74, 6) is 1.43. The maximum absolute atomic E-state index is 5.49. The number of ether oxygens (including phenoxy) is 1. The van der Waals surface area contributed by atoms with Gasteiger partial charge in [0.15, 0.2) is 0 Å². The second-order valence-electron chi connectivity index (χ2n) is 3.01. The van der Waals surface area contributed by atoms with Crippen molar-refractivity contribution in [2.24, 2.45) is 5.92 Å². The Kier molecular flexibility index (Phi) is 6.16. The zero-order chi connectivity index (χ0) is 9.40. The van der Waals surface area contributed by atoms with Crippen LogP contribution in [-0.2, 0) is 4.74 Å². The highest BCUT2D eigenvalue weighted by Gasteiger charge is 1.95. The third-order valence-electron chi connectivity index (χ3n) is 1.20. The minimum absolute atomic E-state index is 0.559. The Morgan fingerprint density at radius 2 is 2.17 bits per heavy atom. The molecule has 0 N–H and O–H groups in total. The summed E-state index contributed by atoms with van der Waals surface area (Å²) in [5.41, 5.74) is 0. The first-order chi connectivity index (χ1) is 5.70. The number of hydrogen-bond acceptors (Lipinski definition) is 1. The summed E-state index contributed by atoms with van der Waals surface area (Å²) in [5, 5.41) is 0. The van der Waals surface area contributed by atoms with E-state index >= 15 is 0 Å². The van der Waals surface area contributed by atoms with Gasteiger partial charge in [-0.05, 0) is 25.0 Å². The number of rotatable bonds is 5. The zero-order valence-corrected chi connectivity index (χ0v) is 8.21. The molecule has 0 aromatic heterocycles. The zero-order valence-electron chi connectivity index (χ0n) is 8.21. The topological polar surface area (TPSA) is 9.23 Å². The molecule has 0 unspecified atom stereocenters. The summed E-state index contributed by atoms with van der Waals surface area (Å²) in [6, 6.07) is 0. The molecule has 0 atom stereocenters. The molecule has 12 heavy (non-hydrogen) atoms. The molecule has 0 saturated carbocycles. The van der Waals surface area contributed by atoms with Crippen LogP contribution in [0.25, 0.3) is 0 Å². The highest BCUT2D eigenvalue weighted by Crippen LogP contribution is 2.03. The molecule has 0 amide bonds. The van der Waals surface area contributed by atoms with Crippen LogP contribution in [0.1, 0.15) is 20.8 Å². The van der Waals surface area contributed by atoms with Crippen LogP contribution >= 0.6 is 0 Å². The van der Waals surface area contributed by atoms with Crippen molar-refractivity contribution in [2.45, 2.75) is 20.8 Å². The molecule has 0 fully saturated rings. The maximum atomic E-state index is 5.49. The fourth-order valence-corrected chi connectivity index (χ4v) is 0.695. The van der Waals surface area contributed by atoms with E-state index in [-0.39, 0.29) is 0 Å². The van der Waals surface area contributed by atoms with E-state index in [1.807, 2.05) is 25.2 Å². The Bertz CT molecular complexity index is 175. The van der Waals surface area contributed by atoms with E-state index in [1.165, 1.54) is 0 Å². The van der Waals surface area contributed by atoms with Gasteiger partial charge >= 0.3 is 0 Å². The van der Waals surface area contributed by atoms with Gasteiger partial charge in [-0.1, -0.05) is 32.6 Å². The third-order valence-corrected chi connectivity index (χ3v) is 1.20. The van der Waals surface area contributed by atoms with Crippen molar-refractivity contribution in [3.05, 3.63) is 36.6 Å². The van der Waals surface area contributed by atoms with E-state index in [9.17, 15) is 0 Å². The van der Waals surface area contributed by atoms with Crippen molar-refractivity contribution in [2.75, 3.05) is 6.61 Å². The molecular weight excluding hydrogens is 148 g/mol. The van der Waals surface area contributed by atoms with Crippen LogP contribution < -0.4 is 0 Å². The number of allylic oxidation sites excluding steroid dienone is 4. The predicted molar refractivity (Wildman–Crippen MR) is 53.9 cm³/mol.